The lowest BCUT2D eigenvalue weighted by Crippen LogP contribution is -2.38. The first-order valence-electron chi connectivity index (χ1n) is 8.51. The minimum Gasteiger partial charge on any atom is -0.359 e. The lowest BCUT2D eigenvalue weighted by atomic mass is 10.1. The van der Waals surface area contributed by atoms with E-state index in [0.717, 1.165) is 16.9 Å². The van der Waals surface area contributed by atoms with Crippen LogP contribution < -0.4 is 5.32 Å². The lowest BCUT2D eigenvalue weighted by Gasteiger charge is -2.24. The van der Waals surface area contributed by atoms with E-state index in [1.807, 2.05) is 53.9 Å². The molecular weight excluding hydrogens is 328 g/mol. The number of rotatable bonds is 5. The van der Waals surface area contributed by atoms with Crippen molar-refractivity contribution in [2.24, 2.45) is 0 Å². The first-order chi connectivity index (χ1) is 12.5. The Hall–Kier alpha value is -3.15. The molecule has 0 fully saturated rings. The standard InChI is InChI=1S/C20H22N4O2/c1-14(11-19(25)21-2)23(3)20(26)16-9-10-18-22-17(13-24(18)12-16)15-7-5-4-6-8-15/h4-10,12-14H,11H2,1-3H3,(H,21,25). The average Bonchev–Trinajstić information content (AvgIpc) is 3.10. The third-order valence-corrected chi connectivity index (χ3v) is 4.51. The Morgan fingerprint density at radius 1 is 1.15 bits per heavy atom. The maximum absolute atomic E-state index is 12.7. The van der Waals surface area contributed by atoms with Gasteiger partial charge in [0.1, 0.15) is 5.65 Å². The zero-order valence-corrected chi connectivity index (χ0v) is 15.1. The summed E-state index contributed by atoms with van der Waals surface area (Å²) >= 11 is 0. The monoisotopic (exact) mass is 350 g/mol. The fraction of sp³-hybridized carbons (Fsp3) is 0.250. The Bertz CT molecular complexity index is 933. The summed E-state index contributed by atoms with van der Waals surface area (Å²) in [6.07, 6.45) is 3.96. The number of hydrogen-bond acceptors (Lipinski definition) is 3. The number of carbonyl (C=O) groups is 2. The van der Waals surface area contributed by atoms with Crippen molar-refractivity contribution in [1.82, 2.24) is 19.6 Å². The maximum Gasteiger partial charge on any atom is 0.255 e. The number of fused-ring (bicyclic) bond motifs is 1. The van der Waals surface area contributed by atoms with Crippen LogP contribution in [-0.4, -0.2) is 46.2 Å². The molecule has 2 aromatic heterocycles. The van der Waals surface area contributed by atoms with Crippen LogP contribution in [0.4, 0.5) is 0 Å². The minimum atomic E-state index is -0.194. The van der Waals surface area contributed by atoms with Crippen LogP contribution in [0.5, 0.6) is 0 Å². The number of hydrogen-bond donors (Lipinski definition) is 1. The number of carbonyl (C=O) groups excluding carboxylic acids is 2. The van der Waals surface area contributed by atoms with Gasteiger partial charge in [-0.2, -0.15) is 0 Å². The van der Waals surface area contributed by atoms with Crippen molar-refractivity contribution in [3.05, 3.63) is 60.4 Å². The number of nitrogens with one attached hydrogen (secondary N) is 1. The van der Waals surface area contributed by atoms with Crippen molar-refractivity contribution < 1.29 is 9.59 Å². The van der Waals surface area contributed by atoms with Crippen molar-refractivity contribution in [3.63, 3.8) is 0 Å². The van der Waals surface area contributed by atoms with E-state index in [1.54, 1.807) is 31.3 Å². The second kappa shape index (κ2) is 7.39. The van der Waals surface area contributed by atoms with Crippen molar-refractivity contribution in [1.29, 1.82) is 0 Å². The molecule has 26 heavy (non-hydrogen) atoms. The van der Waals surface area contributed by atoms with E-state index in [2.05, 4.69) is 10.3 Å². The molecule has 3 rings (SSSR count). The second-order valence-electron chi connectivity index (χ2n) is 6.32. The summed E-state index contributed by atoms with van der Waals surface area (Å²) in [6, 6.07) is 13.3. The van der Waals surface area contributed by atoms with Gasteiger partial charge in [-0.1, -0.05) is 30.3 Å². The van der Waals surface area contributed by atoms with Crippen LogP contribution in [0, 0.1) is 0 Å². The van der Waals surface area contributed by atoms with Gasteiger partial charge < -0.3 is 14.6 Å². The van der Waals surface area contributed by atoms with Gasteiger partial charge in [0.25, 0.3) is 5.91 Å². The largest absolute Gasteiger partial charge is 0.359 e. The molecular formula is C20H22N4O2. The summed E-state index contributed by atoms with van der Waals surface area (Å²) in [6.45, 7) is 1.86. The molecule has 0 bridgehead atoms. The van der Waals surface area contributed by atoms with Gasteiger partial charge in [0, 0.05) is 44.5 Å². The molecule has 1 N–H and O–H groups in total. The van der Waals surface area contributed by atoms with Gasteiger partial charge in [-0.15, -0.1) is 0 Å². The van der Waals surface area contributed by atoms with Crippen molar-refractivity contribution >= 4 is 17.5 Å². The highest BCUT2D eigenvalue weighted by atomic mass is 16.2. The third kappa shape index (κ3) is 3.59. The summed E-state index contributed by atoms with van der Waals surface area (Å²) in [5.41, 5.74) is 3.22. The normalized spacial score (nSPS) is 12.0. The van der Waals surface area contributed by atoms with Gasteiger partial charge in [0.05, 0.1) is 11.3 Å². The molecule has 1 unspecified atom stereocenters. The molecule has 1 aromatic carbocycles. The van der Waals surface area contributed by atoms with E-state index >= 15 is 0 Å². The highest BCUT2D eigenvalue weighted by Gasteiger charge is 2.20. The van der Waals surface area contributed by atoms with Crippen molar-refractivity contribution in [3.8, 4) is 11.3 Å². The van der Waals surface area contributed by atoms with Crippen LogP contribution >= 0.6 is 0 Å². The zero-order chi connectivity index (χ0) is 18.7. The molecule has 0 saturated carbocycles. The van der Waals surface area contributed by atoms with Gasteiger partial charge in [-0.25, -0.2) is 4.98 Å². The average molecular weight is 350 g/mol. The first kappa shape index (κ1) is 17.7. The minimum absolute atomic E-state index is 0.0882. The van der Waals surface area contributed by atoms with Crippen LogP contribution in [0.3, 0.4) is 0 Å². The van der Waals surface area contributed by atoms with Crippen LogP contribution in [-0.2, 0) is 4.79 Å². The Morgan fingerprint density at radius 3 is 2.58 bits per heavy atom. The molecule has 2 heterocycles. The van der Waals surface area contributed by atoms with Gasteiger partial charge in [-0.05, 0) is 19.1 Å². The second-order valence-corrected chi connectivity index (χ2v) is 6.32. The van der Waals surface area contributed by atoms with Gasteiger partial charge in [-0.3, -0.25) is 9.59 Å². The number of amides is 2. The molecule has 1 atom stereocenters. The summed E-state index contributed by atoms with van der Waals surface area (Å²) in [5, 5.41) is 2.58. The Morgan fingerprint density at radius 2 is 1.88 bits per heavy atom. The van der Waals surface area contributed by atoms with Crippen LogP contribution in [0.2, 0.25) is 0 Å². The van der Waals surface area contributed by atoms with Crippen LogP contribution in [0.15, 0.2) is 54.9 Å². The predicted molar refractivity (Wildman–Crippen MR) is 101 cm³/mol. The Balaban J connectivity index is 1.84. The first-order valence-corrected chi connectivity index (χ1v) is 8.51. The quantitative estimate of drug-likeness (QED) is 0.769. The summed E-state index contributed by atoms with van der Waals surface area (Å²) in [4.78, 5) is 30.5. The van der Waals surface area contributed by atoms with Crippen molar-refractivity contribution in [2.45, 2.75) is 19.4 Å². The summed E-state index contributed by atoms with van der Waals surface area (Å²) in [7, 11) is 3.30. The van der Waals surface area contributed by atoms with E-state index in [0.29, 0.717) is 5.56 Å². The van der Waals surface area contributed by atoms with Gasteiger partial charge in [0.15, 0.2) is 0 Å². The molecule has 6 nitrogen and oxygen atoms in total. The lowest BCUT2D eigenvalue weighted by molar-refractivity contribution is -0.121. The molecule has 6 heteroatoms. The molecule has 134 valence electrons. The van der Waals surface area contributed by atoms with E-state index in [1.165, 1.54) is 0 Å². The smallest absolute Gasteiger partial charge is 0.255 e. The van der Waals surface area contributed by atoms with Crippen molar-refractivity contribution in [2.75, 3.05) is 14.1 Å². The summed E-state index contributed by atoms with van der Waals surface area (Å²) < 4.78 is 1.85. The topological polar surface area (TPSA) is 66.7 Å². The molecule has 0 aliphatic heterocycles. The van der Waals surface area contributed by atoms with Crippen LogP contribution in [0.25, 0.3) is 16.9 Å². The molecule has 0 saturated heterocycles. The molecule has 0 aliphatic carbocycles. The van der Waals surface area contributed by atoms with Gasteiger partial charge in [0.2, 0.25) is 5.91 Å². The summed E-state index contributed by atoms with van der Waals surface area (Å²) in [5.74, 6) is -0.215. The fourth-order valence-electron chi connectivity index (χ4n) is 2.78. The predicted octanol–water partition coefficient (Wildman–Crippen LogP) is 2.60. The van der Waals surface area contributed by atoms with E-state index in [-0.39, 0.29) is 24.3 Å². The highest BCUT2D eigenvalue weighted by molar-refractivity contribution is 5.94. The number of imidazole rings is 1. The van der Waals surface area contributed by atoms with E-state index < -0.39 is 0 Å². The van der Waals surface area contributed by atoms with E-state index in [9.17, 15) is 9.59 Å². The number of benzene rings is 1. The van der Waals surface area contributed by atoms with Crippen LogP contribution in [0.1, 0.15) is 23.7 Å². The molecule has 2 amide bonds. The Kier molecular flexibility index (Phi) is 5.02. The number of nitrogens with zero attached hydrogens (tertiary/aromatic N) is 3. The Labute approximate surface area is 152 Å². The SMILES string of the molecule is CNC(=O)CC(C)N(C)C(=O)c1ccc2nc(-c3ccccc3)cn2c1. The third-order valence-electron chi connectivity index (χ3n) is 4.51. The van der Waals surface area contributed by atoms with E-state index in [4.69, 9.17) is 0 Å². The van der Waals surface area contributed by atoms with Gasteiger partial charge >= 0.3 is 0 Å². The number of aromatic nitrogens is 2. The molecule has 3 aromatic rings. The number of pyridine rings is 1. The maximum atomic E-state index is 12.7. The zero-order valence-electron chi connectivity index (χ0n) is 15.1. The molecule has 0 aliphatic rings. The molecule has 0 radical (unpaired) electrons. The molecule has 0 spiro atoms. The highest BCUT2D eigenvalue weighted by Crippen LogP contribution is 2.19. The fourth-order valence-corrected chi connectivity index (χ4v) is 2.78.